The number of hydrogen-bond donors (Lipinski definition) is 1. The summed E-state index contributed by atoms with van der Waals surface area (Å²) in [7, 11) is 0. The Balaban J connectivity index is 1.88. The molecule has 0 unspecified atom stereocenters. The Morgan fingerprint density at radius 2 is 1.70 bits per heavy atom. The van der Waals surface area contributed by atoms with Crippen LogP contribution in [0.4, 0.5) is 0 Å². The van der Waals surface area contributed by atoms with E-state index >= 15 is 0 Å². The Kier molecular flexibility index (Phi) is 1.69. The third kappa shape index (κ3) is 1.20. The van der Waals surface area contributed by atoms with E-state index < -0.39 is 0 Å². The van der Waals surface area contributed by atoms with Gasteiger partial charge in [0, 0.05) is 6.04 Å². The zero-order valence-corrected chi connectivity index (χ0v) is 6.55. The molecule has 10 heavy (non-hydrogen) atoms. The molecule has 3 rings (SSSR count). The Hall–Kier alpha value is -0.0400. The van der Waals surface area contributed by atoms with Gasteiger partial charge in [0.1, 0.15) is 0 Å². The standard InChI is InChI=1S/C9H17N/c10-9-3-1-2-7-4-8(5-7)6-9/h7-9H,1-6,10H2/t7?,8?,9-/m1/s1. The third-order valence-electron chi connectivity index (χ3n) is 3.16. The molecule has 3 fully saturated rings. The molecule has 0 amide bonds. The van der Waals surface area contributed by atoms with Crippen LogP contribution in [0.5, 0.6) is 0 Å². The Morgan fingerprint density at radius 3 is 2.50 bits per heavy atom. The smallest absolute Gasteiger partial charge is 0.00414 e. The van der Waals surface area contributed by atoms with Gasteiger partial charge in [0.2, 0.25) is 0 Å². The van der Waals surface area contributed by atoms with E-state index in [0.29, 0.717) is 6.04 Å². The van der Waals surface area contributed by atoms with Crippen molar-refractivity contribution in [1.82, 2.24) is 0 Å². The molecule has 0 spiro atoms. The lowest BCUT2D eigenvalue weighted by Gasteiger charge is -2.39. The molecule has 0 aliphatic heterocycles. The molecule has 0 saturated heterocycles. The van der Waals surface area contributed by atoms with Crippen molar-refractivity contribution in [1.29, 1.82) is 0 Å². The van der Waals surface area contributed by atoms with Crippen LogP contribution < -0.4 is 5.73 Å². The lowest BCUT2D eigenvalue weighted by Crippen LogP contribution is -2.34. The van der Waals surface area contributed by atoms with Crippen LogP contribution in [0.2, 0.25) is 0 Å². The molecule has 0 aromatic carbocycles. The summed E-state index contributed by atoms with van der Waals surface area (Å²) in [5.74, 6) is 2.11. The number of hydrogen-bond acceptors (Lipinski definition) is 1. The molecule has 0 heterocycles. The summed E-state index contributed by atoms with van der Waals surface area (Å²) in [6.45, 7) is 0. The van der Waals surface area contributed by atoms with E-state index in [1.165, 1.54) is 38.5 Å². The van der Waals surface area contributed by atoms with Gasteiger partial charge in [-0.3, -0.25) is 0 Å². The predicted molar refractivity (Wildman–Crippen MR) is 42.7 cm³/mol. The minimum atomic E-state index is 0.534. The lowest BCUT2D eigenvalue weighted by molar-refractivity contribution is 0.138. The minimum absolute atomic E-state index is 0.534. The van der Waals surface area contributed by atoms with Crippen molar-refractivity contribution in [2.75, 3.05) is 0 Å². The molecule has 0 aromatic heterocycles. The second-order valence-corrected chi connectivity index (χ2v) is 4.13. The van der Waals surface area contributed by atoms with Crippen LogP contribution in [0.1, 0.15) is 38.5 Å². The lowest BCUT2D eigenvalue weighted by atomic mass is 9.68. The van der Waals surface area contributed by atoms with Crippen LogP contribution in [0, 0.1) is 11.8 Å². The van der Waals surface area contributed by atoms with Crippen LogP contribution in [0.25, 0.3) is 0 Å². The van der Waals surface area contributed by atoms with Crippen molar-refractivity contribution in [3.05, 3.63) is 0 Å². The monoisotopic (exact) mass is 139 g/mol. The minimum Gasteiger partial charge on any atom is -0.328 e. The summed E-state index contributed by atoms with van der Waals surface area (Å²) < 4.78 is 0. The van der Waals surface area contributed by atoms with Crippen molar-refractivity contribution < 1.29 is 0 Å². The van der Waals surface area contributed by atoms with E-state index in [0.717, 1.165) is 11.8 Å². The molecular weight excluding hydrogens is 122 g/mol. The van der Waals surface area contributed by atoms with Gasteiger partial charge in [-0.15, -0.1) is 0 Å². The topological polar surface area (TPSA) is 26.0 Å². The molecule has 0 aromatic rings. The van der Waals surface area contributed by atoms with Gasteiger partial charge >= 0.3 is 0 Å². The van der Waals surface area contributed by atoms with E-state index in [2.05, 4.69) is 0 Å². The zero-order chi connectivity index (χ0) is 6.97. The average molecular weight is 139 g/mol. The normalized spacial score (nSPS) is 47.1. The second kappa shape index (κ2) is 2.54. The first-order valence-electron chi connectivity index (χ1n) is 4.60. The summed E-state index contributed by atoms with van der Waals surface area (Å²) in [4.78, 5) is 0. The largest absolute Gasteiger partial charge is 0.328 e. The van der Waals surface area contributed by atoms with Gasteiger partial charge in [-0.1, -0.05) is 12.8 Å². The predicted octanol–water partition coefficient (Wildman–Crippen LogP) is 1.91. The molecule has 1 nitrogen and oxygen atoms in total. The number of nitrogens with two attached hydrogens (primary N) is 1. The zero-order valence-electron chi connectivity index (χ0n) is 6.55. The van der Waals surface area contributed by atoms with E-state index in [1.807, 2.05) is 0 Å². The highest BCUT2D eigenvalue weighted by Crippen LogP contribution is 2.41. The van der Waals surface area contributed by atoms with Crippen LogP contribution in [0.3, 0.4) is 0 Å². The quantitative estimate of drug-likeness (QED) is 0.545. The highest BCUT2D eigenvalue weighted by Gasteiger charge is 2.31. The molecule has 3 aliphatic carbocycles. The van der Waals surface area contributed by atoms with E-state index in [9.17, 15) is 0 Å². The van der Waals surface area contributed by atoms with Crippen molar-refractivity contribution >= 4 is 0 Å². The van der Waals surface area contributed by atoms with E-state index in [1.54, 1.807) is 0 Å². The Bertz CT molecular complexity index is 110. The van der Waals surface area contributed by atoms with Crippen LogP contribution in [-0.2, 0) is 0 Å². The first-order chi connectivity index (χ1) is 4.84. The maximum absolute atomic E-state index is 5.92. The molecule has 0 radical (unpaired) electrons. The summed E-state index contributed by atoms with van der Waals surface area (Å²) in [6.07, 6.45) is 8.44. The summed E-state index contributed by atoms with van der Waals surface area (Å²) >= 11 is 0. The molecule has 3 saturated carbocycles. The highest BCUT2D eigenvalue weighted by atomic mass is 14.6. The first kappa shape index (κ1) is 6.66. The van der Waals surface area contributed by atoms with Crippen molar-refractivity contribution in [3.8, 4) is 0 Å². The van der Waals surface area contributed by atoms with Crippen molar-refractivity contribution in [2.24, 2.45) is 17.6 Å². The molecule has 2 N–H and O–H groups in total. The summed E-state index contributed by atoms with van der Waals surface area (Å²) in [5.41, 5.74) is 5.92. The molecular formula is C9H17N. The summed E-state index contributed by atoms with van der Waals surface area (Å²) in [6, 6.07) is 0.534. The van der Waals surface area contributed by atoms with E-state index in [4.69, 9.17) is 5.73 Å². The third-order valence-corrected chi connectivity index (χ3v) is 3.16. The molecule has 3 aliphatic rings. The molecule has 2 bridgehead atoms. The number of rotatable bonds is 0. The van der Waals surface area contributed by atoms with Crippen molar-refractivity contribution in [2.45, 2.75) is 44.6 Å². The maximum Gasteiger partial charge on any atom is 0.00414 e. The fourth-order valence-electron chi connectivity index (χ4n) is 2.52. The van der Waals surface area contributed by atoms with Gasteiger partial charge in [0.15, 0.2) is 0 Å². The fraction of sp³-hybridized carbons (Fsp3) is 1.00. The van der Waals surface area contributed by atoms with Gasteiger partial charge < -0.3 is 5.73 Å². The second-order valence-electron chi connectivity index (χ2n) is 4.13. The van der Waals surface area contributed by atoms with Gasteiger partial charge in [-0.05, 0) is 37.5 Å². The van der Waals surface area contributed by atoms with Crippen molar-refractivity contribution in [3.63, 3.8) is 0 Å². The Morgan fingerprint density at radius 1 is 0.900 bits per heavy atom. The SMILES string of the molecule is N[C@@H]1CCCC2CC(C2)C1. The van der Waals surface area contributed by atoms with E-state index in [-0.39, 0.29) is 0 Å². The molecule has 58 valence electrons. The van der Waals surface area contributed by atoms with Gasteiger partial charge in [0.25, 0.3) is 0 Å². The highest BCUT2D eigenvalue weighted by molar-refractivity contribution is 4.85. The van der Waals surface area contributed by atoms with Gasteiger partial charge in [-0.2, -0.15) is 0 Å². The number of fused-ring (bicyclic) bond motifs is 4. The van der Waals surface area contributed by atoms with Crippen LogP contribution in [-0.4, -0.2) is 6.04 Å². The molecule has 1 heteroatoms. The maximum atomic E-state index is 5.92. The summed E-state index contributed by atoms with van der Waals surface area (Å²) in [5, 5.41) is 0. The van der Waals surface area contributed by atoms with Crippen LogP contribution >= 0.6 is 0 Å². The average Bonchev–Trinajstić information content (AvgIpc) is 1.73. The Labute approximate surface area is 63.0 Å². The van der Waals surface area contributed by atoms with Gasteiger partial charge in [0.05, 0.1) is 0 Å². The van der Waals surface area contributed by atoms with Gasteiger partial charge in [-0.25, -0.2) is 0 Å². The first-order valence-corrected chi connectivity index (χ1v) is 4.60. The van der Waals surface area contributed by atoms with Crippen LogP contribution in [0.15, 0.2) is 0 Å². The fourth-order valence-corrected chi connectivity index (χ4v) is 2.52. The molecule has 1 atom stereocenters.